The molecule has 2 rings (SSSR count). The minimum atomic E-state index is -0.647. The van der Waals surface area contributed by atoms with Gasteiger partial charge in [0.25, 0.3) is 0 Å². The lowest BCUT2D eigenvalue weighted by molar-refractivity contribution is 0.403. The summed E-state index contributed by atoms with van der Waals surface area (Å²) in [6.45, 7) is 2.49. The number of para-hydroxylation sites is 1. The first-order valence-corrected chi connectivity index (χ1v) is 6.97. The molecular weight excluding hydrogens is 296 g/mol. The van der Waals surface area contributed by atoms with E-state index in [1.54, 1.807) is 13.2 Å². The van der Waals surface area contributed by atoms with Crippen LogP contribution in [-0.4, -0.2) is 13.7 Å². The topological polar surface area (TPSA) is 21.3 Å². The molecule has 0 aromatic heterocycles. The summed E-state index contributed by atoms with van der Waals surface area (Å²) < 4.78 is 33.2. The lowest BCUT2D eigenvalue weighted by Gasteiger charge is -2.22. The second-order valence-electron chi connectivity index (χ2n) is 4.52. The molecule has 112 valence electrons. The predicted octanol–water partition coefficient (Wildman–Crippen LogP) is 4.33. The number of hydrogen-bond acceptors (Lipinski definition) is 2. The van der Waals surface area contributed by atoms with E-state index in [2.05, 4.69) is 5.32 Å². The molecule has 0 aliphatic carbocycles. The van der Waals surface area contributed by atoms with Crippen molar-refractivity contribution in [3.63, 3.8) is 0 Å². The first kappa shape index (κ1) is 15.7. The molecule has 0 radical (unpaired) electrons. The Bertz CT molecular complexity index is 634. The summed E-state index contributed by atoms with van der Waals surface area (Å²) in [6, 6.07) is 8.85. The Morgan fingerprint density at radius 1 is 1.14 bits per heavy atom. The highest BCUT2D eigenvalue weighted by Gasteiger charge is 2.22. The fraction of sp³-hybridized carbons (Fsp3) is 0.250. The van der Waals surface area contributed by atoms with Gasteiger partial charge in [-0.1, -0.05) is 36.7 Å². The van der Waals surface area contributed by atoms with Crippen LogP contribution in [0.5, 0.6) is 5.75 Å². The molecule has 0 spiro atoms. The fourth-order valence-electron chi connectivity index (χ4n) is 2.26. The summed E-state index contributed by atoms with van der Waals surface area (Å²) in [7, 11) is 1.54. The monoisotopic (exact) mass is 311 g/mol. The SMILES string of the molecule is CCNC(c1cc(F)c(Cl)cc1F)c1ccccc1OC. The third kappa shape index (κ3) is 3.34. The molecule has 2 aromatic rings. The van der Waals surface area contributed by atoms with Crippen molar-refractivity contribution in [3.8, 4) is 5.75 Å². The number of ether oxygens (including phenoxy) is 1. The molecule has 0 fully saturated rings. The molecule has 5 heteroatoms. The zero-order valence-electron chi connectivity index (χ0n) is 11.8. The lowest BCUT2D eigenvalue weighted by atomic mass is 9.97. The largest absolute Gasteiger partial charge is 0.496 e. The van der Waals surface area contributed by atoms with Gasteiger partial charge in [-0.25, -0.2) is 8.78 Å². The van der Waals surface area contributed by atoms with E-state index in [9.17, 15) is 8.78 Å². The van der Waals surface area contributed by atoms with Crippen molar-refractivity contribution < 1.29 is 13.5 Å². The molecule has 0 bridgehead atoms. The van der Waals surface area contributed by atoms with Crippen LogP contribution in [-0.2, 0) is 0 Å². The van der Waals surface area contributed by atoms with Crippen molar-refractivity contribution in [3.05, 3.63) is 64.2 Å². The first-order valence-electron chi connectivity index (χ1n) is 6.59. The Morgan fingerprint density at radius 3 is 2.52 bits per heavy atom. The van der Waals surface area contributed by atoms with Crippen molar-refractivity contribution >= 4 is 11.6 Å². The molecule has 0 saturated carbocycles. The first-order chi connectivity index (χ1) is 10.1. The lowest BCUT2D eigenvalue weighted by Crippen LogP contribution is -2.23. The summed E-state index contributed by atoms with van der Waals surface area (Å²) >= 11 is 5.61. The summed E-state index contributed by atoms with van der Waals surface area (Å²) in [5, 5.41) is 2.92. The van der Waals surface area contributed by atoms with Gasteiger partial charge in [0.2, 0.25) is 0 Å². The smallest absolute Gasteiger partial charge is 0.142 e. The predicted molar refractivity (Wildman–Crippen MR) is 79.9 cm³/mol. The number of rotatable bonds is 5. The Morgan fingerprint density at radius 2 is 1.86 bits per heavy atom. The van der Waals surface area contributed by atoms with Gasteiger partial charge in [0, 0.05) is 11.1 Å². The molecule has 0 aliphatic rings. The summed E-state index contributed by atoms with van der Waals surface area (Å²) in [6.07, 6.45) is 0. The zero-order chi connectivity index (χ0) is 15.4. The highest BCUT2D eigenvalue weighted by atomic mass is 35.5. The van der Waals surface area contributed by atoms with Gasteiger partial charge in [-0.15, -0.1) is 0 Å². The Balaban J connectivity index is 2.56. The third-order valence-electron chi connectivity index (χ3n) is 3.21. The number of hydrogen-bond donors (Lipinski definition) is 1. The van der Waals surface area contributed by atoms with E-state index in [-0.39, 0.29) is 10.6 Å². The van der Waals surface area contributed by atoms with E-state index in [0.717, 1.165) is 17.7 Å². The second kappa shape index (κ2) is 6.87. The van der Waals surface area contributed by atoms with Gasteiger partial charge < -0.3 is 10.1 Å². The molecule has 0 saturated heterocycles. The van der Waals surface area contributed by atoms with Crippen LogP contribution in [0.25, 0.3) is 0 Å². The standard InChI is InChI=1S/C16H16ClF2NO/c1-3-20-16(10-6-4-5-7-15(10)21-2)11-8-14(19)12(17)9-13(11)18/h4-9,16,20H,3H2,1-2H3. The molecule has 21 heavy (non-hydrogen) atoms. The van der Waals surface area contributed by atoms with Gasteiger partial charge in [0.15, 0.2) is 0 Å². The van der Waals surface area contributed by atoms with Crippen LogP contribution in [0.2, 0.25) is 5.02 Å². The van der Waals surface area contributed by atoms with E-state index in [1.165, 1.54) is 0 Å². The normalized spacial score (nSPS) is 12.2. The molecule has 1 atom stereocenters. The number of nitrogens with one attached hydrogen (secondary N) is 1. The van der Waals surface area contributed by atoms with Crippen LogP contribution in [0.3, 0.4) is 0 Å². The average Bonchev–Trinajstić information content (AvgIpc) is 2.49. The van der Waals surface area contributed by atoms with Crippen molar-refractivity contribution in [2.24, 2.45) is 0 Å². The van der Waals surface area contributed by atoms with E-state index < -0.39 is 17.7 Å². The van der Waals surface area contributed by atoms with Gasteiger partial charge in [0.1, 0.15) is 17.4 Å². The van der Waals surface area contributed by atoms with Crippen molar-refractivity contribution in [2.75, 3.05) is 13.7 Å². The highest BCUT2D eigenvalue weighted by molar-refractivity contribution is 6.30. The molecule has 0 amide bonds. The maximum Gasteiger partial charge on any atom is 0.142 e. The highest BCUT2D eigenvalue weighted by Crippen LogP contribution is 2.33. The van der Waals surface area contributed by atoms with Crippen LogP contribution < -0.4 is 10.1 Å². The van der Waals surface area contributed by atoms with Gasteiger partial charge in [-0.2, -0.15) is 0 Å². The van der Waals surface area contributed by atoms with Gasteiger partial charge >= 0.3 is 0 Å². The molecule has 1 N–H and O–H groups in total. The molecule has 0 aliphatic heterocycles. The van der Waals surface area contributed by atoms with E-state index >= 15 is 0 Å². The zero-order valence-corrected chi connectivity index (χ0v) is 12.5. The fourth-order valence-corrected chi connectivity index (χ4v) is 2.41. The maximum atomic E-state index is 14.2. The molecular formula is C16H16ClF2NO. The quantitative estimate of drug-likeness (QED) is 0.830. The van der Waals surface area contributed by atoms with Gasteiger partial charge in [-0.05, 0) is 24.7 Å². The van der Waals surface area contributed by atoms with Crippen LogP contribution in [0, 0.1) is 11.6 Å². The second-order valence-corrected chi connectivity index (χ2v) is 4.93. The van der Waals surface area contributed by atoms with E-state index in [4.69, 9.17) is 16.3 Å². The number of benzene rings is 2. The Kier molecular flexibility index (Phi) is 5.15. The van der Waals surface area contributed by atoms with Crippen molar-refractivity contribution in [2.45, 2.75) is 13.0 Å². The third-order valence-corrected chi connectivity index (χ3v) is 3.50. The number of methoxy groups -OCH3 is 1. The number of halogens is 3. The molecule has 2 nitrogen and oxygen atoms in total. The van der Waals surface area contributed by atoms with Gasteiger partial charge in [-0.3, -0.25) is 0 Å². The molecule has 0 heterocycles. The van der Waals surface area contributed by atoms with Gasteiger partial charge in [0.05, 0.1) is 18.2 Å². The van der Waals surface area contributed by atoms with Crippen molar-refractivity contribution in [1.82, 2.24) is 5.32 Å². The molecule has 1 unspecified atom stereocenters. The van der Waals surface area contributed by atoms with Crippen molar-refractivity contribution in [1.29, 1.82) is 0 Å². The average molecular weight is 312 g/mol. The van der Waals surface area contributed by atoms with E-state index in [1.807, 2.05) is 25.1 Å². The maximum absolute atomic E-state index is 14.2. The Labute approximate surface area is 127 Å². The van der Waals surface area contributed by atoms with Crippen LogP contribution in [0.4, 0.5) is 8.78 Å². The minimum absolute atomic E-state index is 0.197. The molecule has 2 aromatic carbocycles. The summed E-state index contributed by atoms with van der Waals surface area (Å²) in [4.78, 5) is 0. The van der Waals surface area contributed by atoms with E-state index in [0.29, 0.717) is 12.3 Å². The Hall–Kier alpha value is -1.65. The summed E-state index contributed by atoms with van der Waals surface area (Å²) in [5.41, 5.74) is 0.936. The summed E-state index contributed by atoms with van der Waals surface area (Å²) in [5.74, 6) is -0.595. The van der Waals surface area contributed by atoms with Crippen LogP contribution in [0.1, 0.15) is 24.1 Å². The van der Waals surface area contributed by atoms with Crippen LogP contribution in [0.15, 0.2) is 36.4 Å². The van der Waals surface area contributed by atoms with Crippen LogP contribution >= 0.6 is 11.6 Å². The minimum Gasteiger partial charge on any atom is -0.496 e.